The van der Waals surface area contributed by atoms with E-state index in [0.717, 1.165) is 12.3 Å². The standard InChI is InChI=1S/C26H54.C8H18O/c1-4-6-8-10-12-13-14-15-16-17-18-19-21-23-25-26(3)24-22-20-11-9-7-5-2;1-2-3-4-5-6-7-8-9/h26H,4-25H2,1-3H3;9H,2-8H2,1H3. The molecule has 0 amide bonds. The van der Waals surface area contributed by atoms with Crippen molar-refractivity contribution in [2.75, 3.05) is 6.61 Å². The van der Waals surface area contributed by atoms with Gasteiger partial charge in [0.25, 0.3) is 0 Å². The lowest BCUT2D eigenvalue weighted by atomic mass is 9.96. The predicted octanol–water partition coefficient (Wildman–Crippen LogP) is 12.6. The maximum Gasteiger partial charge on any atom is 0.0431 e. The molecule has 0 aliphatic heterocycles. The number of hydrogen-bond acceptors (Lipinski definition) is 1. The highest BCUT2D eigenvalue weighted by Gasteiger charge is 2.02. The molecule has 0 saturated heterocycles. The fourth-order valence-electron chi connectivity index (χ4n) is 5.00. The average molecular weight is 497 g/mol. The first-order chi connectivity index (χ1) is 17.2. The van der Waals surface area contributed by atoms with Crippen LogP contribution in [0.25, 0.3) is 0 Å². The van der Waals surface area contributed by atoms with Gasteiger partial charge in [-0.15, -0.1) is 0 Å². The second kappa shape index (κ2) is 36.1. The molecule has 0 aliphatic carbocycles. The molecule has 35 heavy (non-hydrogen) atoms. The number of aliphatic hydroxyl groups is 1. The number of unbranched alkanes of at least 4 members (excludes halogenated alkanes) is 23. The van der Waals surface area contributed by atoms with E-state index in [0.29, 0.717) is 6.61 Å². The minimum Gasteiger partial charge on any atom is -0.396 e. The van der Waals surface area contributed by atoms with Gasteiger partial charge in [0.15, 0.2) is 0 Å². The van der Waals surface area contributed by atoms with Crippen LogP contribution in [0, 0.1) is 5.92 Å². The highest BCUT2D eigenvalue weighted by Crippen LogP contribution is 2.19. The Kier molecular flexibility index (Phi) is 38.3. The minimum absolute atomic E-state index is 0.367. The summed E-state index contributed by atoms with van der Waals surface area (Å²) in [5.74, 6) is 0.971. The van der Waals surface area contributed by atoms with Gasteiger partial charge in [0.2, 0.25) is 0 Å². The van der Waals surface area contributed by atoms with Crippen LogP contribution in [0.15, 0.2) is 0 Å². The van der Waals surface area contributed by atoms with Crippen molar-refractivity contribution in [2.24, 2.45) is 5.92 Å². The minimum atomic E-state index is 0.367. The second-order valence-corrected chi connectivity index (χ2v) is 11.5. The van der Waals surface area contributed by atoms with E-state index in [2.05, 4.69) is 27.7 Å². The molecular formula is C34H72O. The molecule has 0 fully saturated rings. The lowest BCUT2D eigenvalue weighted by Crippen LogP contribution is -1.95. The Morgan fingerprint density at radius 3 is 0.829 bits per heavy atom. The molecular weight excluding hydrogens is 424 g/mol. The van der Waals surface area contributed by atoms with Gasteiger partial charge < -0.3 is 5.11 Å². The molecule has 1 nitrogen and oxygen atoms in total. The Bertz CT molecular complexity index is 321. The molecule has 0 aromatic carbocycles. The van der Waals surface area contributed by atoms with Gasteiger partial charge in [0.05, 0.1) is 0 Å². The van der Waals surface area contributed by atoms with E-state index in [-0.39, 0.29) is 0 Å². The van der Waals surface area contributed by atoms with Crippen LogP contribution in [0.3, 0.4) is 0 Å². The van der Waals surface area contributed by atoms with Crippen molar-refractivity contribution in [1.29, 1.82) is 0 Å². The summed E-state index contributed by atoms with van der Waals surface area (Å²) in [6.07, 6.45) is 39.8. The third kappa shape index (κ3) is 38.6. The molecule has 0 radical (unpaired) electrons. The fraction of sp³-hybridized carbons (Fsp3) is 1.00. The van der Waals surface area contributed by atoms with Gasteiger partial charge in [0.1, 0.15) is 0 Å². The Morgan fingerprint density at radius 2 is 0.571 bits per heavy atom. The van der Waals surface area contributed by atoms with Crippen LogP contribution in [-0.2, 0) is 0 Å². The van der Waals surface area contributed by atoms with Gasteiger partial charge in [-0.3, -0.25) is 0 Å². The highest BCUT2D eigenvalue weighted by atomic mass is 16.2. The molecule has 0 rings (SSSR count). The highest BCUT2D eigenvalue weighted by molar-refractivity contribution is 4.56. The number of rotatable bonds is 28. The quantitative estimate of drug-likeness (QED) is 0.107. The summed E-state index contributed by atoms with van der Waals surface area (Å²) >= 11 is 0. The Morgan fingerprint density at radius 1 is 0.343 bits per heavy atom. The SMILES string of the molecule is CCCCCCCCCCCCCCCCC(C)CCCCCCCC.CCCCCCCCO. The first-order valence-electron chi connectivity index (χ1n) is 16.8. The summed E-state index contributed by atoms with van der Waals surface area (Å²) in [6, 6.07) is 0. The lowest BCUT2D eigenvalue weighted by molar-refractivity contribution is 0.282. The largest absolute Gasteiger partial charge is 0.396 e. The molecule has 0 bridgehead atoms. The van der Waals surface area contributed by atoms with E-state index in [1.54, 1.807) is 0 Å². The van der Waals surface area contributed by atoms with Gasteiger partial charge in [0, 0.05) is 6.61 Å². The normalized spacial score (nSPS) is 11.9. The van der Waals surface area contributed by atoms with Crippen molar-refractivity contribution < 1.29 is 5.11 Å². The molecule has 0 saturated carbocycles. The summed E-state index contributed by atoms with van der Waals surface area (Å²) in [7, 11) is 0. The summed E-state index contributed by atoms with van der Waals surface area (Å²) in [6.45, 7) is 9.67. The smallest absolute Gasteiger partial charge is 0.0431 e. The van der Waals surface area contributed by atoms with E-state index in [1.165, 1.54) is 173 Å². The molecule has 1 atom stereocenters. The van der Waals surface area contributed by atoms with Gasteiger partial charge in [-0.1, -0.05) is 201 Å². The summed E-state index contributed by atoms with van der Waals surface area (Å²) in [4.78, 5) is 0. The van der Waals surface area contributed by atoms with Crippen molar-refractivity contribution in [1.82, 2.24) is 0 Å². The molecule has 0 aromatic rings. The zero-order chi connectivity index (χ0) is 26.1. The van der Waals surface area contributed by atoms with Crippen molar-refractivity contribution in [3.63, 3.8) is 0 Å². The Labute approximate surface area is 225 Å². The molecule has 0 aliphatic rings. The molecule has 1 unspecified atom stereocenters. The topological polar surface area (TPSA) is 20.2 Å². The first kappa shape index (κ1) is 37.1. The number of aliphatic hydroxyl groups excluding tert-OH is 1. The summed E-state index contributed by atoms with van der Waals surface area (Å²) < 4.78 is 0. The first-order valence-corrected chi connectivity index (χ1v) is 16.8. The monoisotopic (exact) mass is 497 g/mol. The Hall–Kier alpha value is -0.0400. The van der Waals surface area contributed by atoms with E-state index in [9.17, 15) is 0 Å². The van der Waals surface area contributed by atoms with E-state index in [4.69, 9.17) is 5.11 Å². The molecule has 0 aromatic heterocycles. The molecule has 0 heterocycles. The maximum absolute atomic E-state index is 8.42. The second-order valence-electron chi connectivity index (χ2n) is 11.5. The lowest BCUT2D eigenvalue weighted by Gasteiger charge is -2.11. The van der Waals surface area contributed by atoms with Crippen molar-refractivity contribution >= 4 is 0 Å². The summed E-state index contributed by atoms with van der Waals surface area (Å²) in [5.41, 5.74) is 0. The van der Waals surface area contributed by atoms with E-state index >= 15 is 0 Å². The zero-order valence-electron chi connectivity index (χ0n) is 25.5. The van der Waals surface area contributed by atoms with E-state index in [1.807, 2.05) is 0 Å². The average Bonchev–Trinajstić information content (AvgIpc) is 2.86. The van der Waals surface area contributed by atoms with Gasteiger partial charge in [-0.05, 0) is 12.3 Å². The molecule has 1 N–H and O–H groups in total. The number of hydrogen-bond donors (Lipinski definition) is 1. The third-order valence-corrected chi connectivity index (χ3v) is 7.61. The van der Waals surface area contributed by atoms with Crippen LogP contribution in [0.4, 0.5) is 0 Å². The third-order valence-electron chi connectivity index (χ3n) is 7.61. The molecule has 1 heteroatoms. The van der Waals surface area contributed by atoms with Gasteiger partial charge in [-0.2, -0.15) is 0 Å². The van der Waals surface area contributed by atoms with Crippen molar-refractivity contribution in [3.05, 3.63) is 0 Å². The predicted molar refractivity (Wildman–Crippen MR) is 163 cm³/mol. The van der Waals surface area contributed by atoms with Crippen LogP contribution in [0.2, 0.25) is 0 Å². The van der Waals surface area contributed by atoms with Gasteiger partial charge in [-0.25, -0.2) is 0 Å². The van der Waals surface area contributed by atoms with Gasteiger partial charge >= 0.3 is 0 Å². The van der Waals surface area contributed by atoms with E-state index < -0.39 is 0 Å². The Balaban J connectivity index is 0. The van der Waals surface area contributed by atoms with Crippen LogP contribution >= 0.6 is 0 Å². The van der Waals surface area contributed by atoms with Crippen LogP contribution < -0.4 is 0 Å². The fourth-order valence-corrected chi connectivity index (χ4v) is 5.00. The van der Waals surface area contributed by atoms with Crippen LogP contribution in [-0.4, -0.2) is 11.7 Å². The molecule has 214 valence electrons. The van der Waals surface area contributed by atoms with Crippen LogP contribution in [0.1, 0.15) is 207 Å². The van der Waals surface area contributed by atoms with Crippen LogP contribution in [0.5, 0.6) is 0 Å². The zero-order valence-corrected chi connectivity index (χ0v) is 25.5. The summed E-state index contributed by atoms with van der Waals surface area (Å²) in [5, 5.41) is 8.42. The van der Waals surface area contributed by atoms with Crippen molar-refractivity contribution in [3.8, 4) is 0 Å². The maximum atomic E-state index is 8.42. The van der Waals surface area contributed by atoms with Crippen molar-refractivity contribution in [2.45, 2.75) is 207 Å². The molecule has 0 spiro atoms.